The van der Waals surface area contributed by atoms with Gasteiger partial charge in [-0.3, -0.25) is 4.79 Å². The normalized spacial score (nSPS) is 21.2. The summed E-state index contributed by atoms with van der Waals surface area (Å²) in [6.45, 7) is 1.00. The Morgan fingerprint density at radius 2 is 2.33 bits per heavy atom. The van der Waals surface area contributed by atoms with Crippen molar-refractivity contribution in [2.75, 3.05) is 13.6 Å². The zero-order chi connectivity index (χ0) is 8.81. The van der Waals surface area contributed by atoms with E-state index in [-0.39, 0.29) is 5.91 Å². The molecule has 0 unspecified atom stereocenters. The minimum absolute atomic E-state index is 0.0144. The summed E-state index contributed by atoms with van der Waals surface area (Å²) in [6.07, 6.45) is 6.33. The maximum atomic E-state index is 11.0. The third kappa shape index (κ3) is 2.95. The Balaban J connectivity index is 2.47. The van der Waals surface area contributed by atoms with Gasteiger partial charge in [-0.05, 0) is 19.3 Å². The van der Waals surface area contributed by atoms with Crippen LogP contribution in [0.1, 0.15) is 25.7 Å². The van der Waals surface area contributed by atoms with Crippen LogP contribution in [-0.2, 0) is 4.79 Å². The summed E-state index contributed by atoms with van der Waals surface area (Å²) < 4.78 is 0. The predicted octanol–water partition coefficient (Wildman–Crippen LogP) is 0.780. The number of carbonyl (C=O) groups is 1. The first-order chi connectivity index (χ1) is 5.83. The van der Waals surface area contributed by atoms with E-state index in [0.717, 1.165) is 18.7 Å². The second-order valence-corrected chi connectivity index (χ2v) is 3.02. The number of rotatable bonds is 1. The van der Waals surface area contributed by atoms with E-state index < -0.39 is 0 Å². The van der Waals surface area contributed by atoms with E-state index in [2.05, 4.69) is 10.6 Å². The molecule has 1 rings (SSSR count). The highest BCUT2D eigenvalue weighted by atomic mass is 16.1. The van der Waals surface area contributed by atoms with Crippen LogP contribution in [0.15, 0.2) is 11.8 Å². The third-order valence-electron chi connectivity index (χ3n) is 2.03. The highest BCUT2D eigenvalue weighted by Crippen LogP contribution is 2.10. The van der Waals surface area contributed by atoms with Crippen LogP contribution in [0.5, 0.6) is 0 Å². The van der Waals surface area contributed by atoms with Crippen LogP contribution in [0.4, 0.5) is 0 Å². The van der Waals surface area contributed by atoms with Gasteiger partial charge in [0.15, 0.2) is 0 Å². The Morgan fingerprint density at radius 3 is 3.08 bits per heavy atom. The summed E-state index contributed by atoms with van der Waals surface area (Å²) in [4.78, 5) is 11.0. The molecular weight excluding hydrogens is 152 g/mol. The Hall–Kier alpha value is -0.990. The summed E-state index contributed by atoms with van der Waals surface area (Å²) >= 11 is 0. The molecule has 0 spiro atoms. The predicted molar refractivity (Wildman–Crippen MR) is 48.6 cm³/mol. The zero-order valence-electron chi connectivity index (χ0n) is 7.52. The SMILES string of the molecule is CNC(=O)/C=C1/CCCCCN1. The van der Waals surface area contributed by atoms with Gasteiger partial charge >= 0.3 is 0 Å². The molecule has 1 heterocycles. The van der Waals surface area contributed by atoms with Crippen LogP contribution in [0, 0.1) is 0 Å². The number of likely N-dealkylation sites (N-methyl/N-ethyl adjacent to an activating group) is 1. The molecule has 0 aromatic rings. The Bertz CT molecular complexity index is 177. The fourth-order valence-electron chi connectivity index (χ4n) is 1.31. The second-order valence-electron chi connectivity index (χ2n) is 3.02. The number of carbonyl (C=O) groups excluding carboxylic acids is 1. The molecule has 3 heteroatoms. The number of amides is 1. The van der Waals surface area contributed by atoms with Crippen molar-refractivity contribution in [2.24, 2.45) is 0 Å². The fourth-order valence-corrected chi connectivity index (χ4v) is 1.31. The quantitative estimate of drug-likeness (QED) is 0.568. The maximum Gasteiger partial charge on any atom is 0.245 e. The van der Waals surface area contributed by atoms with Crippen molar-refractivity contribution in [3.8, 4) is 0 Å². The number of hydrogen-bond acceptors (Lipinski definition) is 2. The van der Waals surface area contributed by atoms with Gasteiger partial charge in [0.2, 0.25) is 5.91 Å². The molecule has 3 nitrogen and oxygen atoms in total. The van der Waals surface area contributed by atoms with Crippen molar-refractivity contribution < 1.29 is 4.79 Å². The van der Waals surface area contributed by atoms with E-state index >= 15 is 0 Å². The van der Waals surface area contributed by atoms with Crippen LogP contribution < -0.4 is 10.6 Å². The molecule has 2 N–H and O–H groups in total. The molecule has 1 fully saturated rings. The standard InChI is InChI=1S/C9H16N2O/c1-10-9(12)7-8-5-3-2-4-6-11-8/h7,11H,2-6H2,1H3,(H,10,12)/b8-7-. The molecule has 68 valence electrons. The molecule has 0 aromatic carbocycles. The van der Waals surface area contributed by atoms with E-state index in [1.165, 1.54) is 19.3 Å². The lowest BCUT2D eigenvalue weighted by Gasteiger charge is -2.04. The molecule has 0 atom stereocenters. The van der Waals surface area contributed by atoms with Crippen molar-refractivity contribution in [2.45, 2.75) is 25.7 Å². The van der Waals surface area contributed by atoms with Gasteiger partial charge < -0.3 is 10.6 Å². The highest BCUT2D eigenvalue weighted by Gasteiger charge is 2.03. The largest absolute Gasteiger partial charge is 0.388 e. The minimum Gasteiger partial charge on any atom is -0.388 e. The zero-order valence-corrected chi connectivity index (χ0v) is 7.52. The van der Waals surface area contributed by atoms with Crippen LogP contribution >= 0.6 is 0 Å². The molecule has 12 heavy (non-hydrogen) atoms. The second kappa shape index (κ2) is 4.80. The van der Waals surface area contributed by atoms with E-state index in [9.17, 15) is 4.79 Å². The minimum atomic E-state index is -0.0144. The van der Waals surface area contributed by atoms with Crippen LogP contribution in [0.2, 0.25) is 0 Å². The smallest absolute Gasteiger partial charge is 0.245 e. The van der Waals surface area contributed by atoms with Crippen LogP contribution in [-0.4, -0.2) is 19.5 Å². The lowest BCUT2D eigenvalue weighted by molar-refractivity contribution is -0.116. The van der Waals surface area contributed by atoms with Gasteiger partial charge in [-0.25, -0.2) is 0 Å². The first-order valence-electron chi connectivity index (χ1n) is 4.49. The Morgan fingerprint density at radius 1 is 1.50 bits per heavy atom. The first-order valence-corrected chi connectivity index (χ1v) is 4.49. The highest BCUT2D eigenvalue weighted by molar-refractivity contribution is 5.87. The molecule has 1 amide bonds. The molecular formula is C9H16N2O. The van der Waals surface area contributed by atoms with Crippen molar-refractivity contribution in [3.63, 3.8) is 0 Å². The van der Waals surface area contributed by atoms with Crippen molar-refractivity contribution in [1.82, 2.24) is 10.6 Å². The molecule has 0 saturated carbocycles. The molecule has 1 aliphatic heterocycles. The van der Waals surface area contributed by atoms with E-state index in [1.807, 2.05) is 0 Å². The monoisotopic (exact) mass is 168 g/mol. The molecule has 0 radical (unpaired) electrons. The van der Waals surface area contributed by atoms with Gasteiger partial charge in [-0.1, -0.05) is 6.42 Å². The molecule has 0 aliphatic carbocycles. The summed E-state index contributed by atoms with van der Waals surface area (Å²) in [7, 11) is 1.65. The van der Waals surface area contributed by atoms with Gasteiger partial charge in [0.25, 0.3) is 0 Å². The molecule has 1 saturated heterocycles. The van der Waals surface area contributed by atoms with Crippen LogP contribution in [0.3, 0.4) is 0 Å². The topological polar surface area (TPSA) is 41.1 Å². The number of hydrogen-bond donors (Lipinski definition) is 2. The molecule has 1 aliphatic rings. The summed E-state index contributed by atoms with van der Waals surface area (Å²) in [5.41, 5.74) is 1.08. The lowest BCUT2D eigenvalue weighted by atomic mass is 10.2. The maximum absolute atomic E-state index is 11.0. The molecule has 0 bridgehead atoms. The Kier molecular flexibility index (Phi) is 3.64. The Labute approximate surface area is 73.2 Å². The van der Waals surface area contributed by atoms with Crippen molar-refractivity contribution in [3.05, 3.63) is 11.8 Å². The lowest BCUT2D eigenvalue weighted by Crippen LogP contribution is -2.19. The number of nitrogens with one attached hydrogen (secondary N) is 2. The van der Waals surface area contributed by atoms with Gasteiger partial charge in [-0.2, -0.15) is 0 Å². The average Bonchev–Trinajstić information content (AvgIpc) is 2.33. The van der Waals surface area contributed by atoms with E-state index in [1.54, 1.807) is 13.1 Å². The first kappa shape index (κ1) is 9.10. The summed E-state index contributed by atoms with van der Waals surface area (Å²) in [5, 5.41) is 5.82. The third-order valence-corrected chi connectivity index (χ3v) is 2.03. The fraction of sp³-hybridized carbons (Fsp3) is 0.667. The van der Waals surface area contributed by atoms with Crippen molar-refractivity contribution >= 4 is 5.91 Å². The van der Waals surface area contributed by atoms with E-state index in [0.29, 0.717) is 0 Å². The molecule has 0 aromatic heterocycles. The van der Waals surface area contributed by atoms with Crippen molar-refractivity contribution in [1.29, 1.82) is 0 Å². The average molecular weight is 168 g/mol. The van der Waals surface area contributed by atoms with Gasteiger partial charge in [-0.15, -0.1) is 0 Å². The van der Waals surface area contributed by atoms with Crippen LogP contribution in [0.25, 0.3) is 0 Å². The summed E-state index contributed by atoms with van der Waals surface area (Å²) in [6, 6.07) is 0. The van der Waals surface area contributed by atoms with Gasteiger partial charge in [0.05, 0.1) is 0 Å². The van der Waals surface area contributed by atoms with Gasteiger partial charge in [0.1, 0.15) is 0 Å². The number of allylic oxidation sites excluding steroid dienone is 1. The van der Waals surface area contributed by atoms with E-state index in [4.69, 9.17) is 0 Å². The summed E-state index contributed by atoms with van der Waals surface area (Å²) in [5.74, 6) is -0.0144. The van der Waals surface area contributed by atoms with Gasteiger partial charge in [0, 0.05) is 25.4 Å².